The van der Waals surface area contributed by atoms with Crippen molar-refractivity contribution >= 4 is 0 Å². The number of aliphatic hydroxyl groups excluding tert-OH is 1. The van der Waals surface area contributed by atoms with Gasteiger partial charge in [-0.05, 0) is 32.6 Å². The first kappa shape index (κ1) is 9.01. The monoisotopic (exact) mass is 158 g/mol. The van der Waals surface area contributed by atoms with Gasteiger partial charge in [-0.15, -0.1) is 0 Å². The summed E-state index contributed by atoms with van der Waals surface area (Å²) < 4.78 is 5.60. The van der Waals surface area contributed by atoms with Crippen LogP contribution in [-0.2, 0) is 4.74 Å². The molecule has 0 bridgehead atoms. The van der Waals surface area contributed by atoms with Crippen molar-refractivity contribution in [2.45, 2.75) is 51.2 Å². The molecule has 1 rings (SSSR count). The molecule has 1 fully saturated rings. The Hall–Kier alpha value is -0.0800. The van der Waals surface area contributed by atoms with Gasteiger partial charge in [-0.25, -0.2) is 0 Å². The zero-order valence-corrected chi connectivity index (χ0v) is 7.47. The van der Waals surface area contributed by atoms with Crippen LogP contribution in [0.3, 0.4) is 0 Å². The molecule has 2 unspecified atom stereocenters. The summed E-state index contributed by atoms with van der Waals surface area (Å²) in [6.07, 6.45) is 3.80. The molecule has 1 saturated carbocycles. The highest BCUT2D eigenvalue weighted by atomic mass is 16.5. The van der Waals surface area contributed by atoms with Gasteiger partial charge in [0.1, 0.15) is 0 Å². The lowest BCUT2D eigenvalue weighted by atomic mass is 10.0. The Bertz CT molecular complexity index is 125. The van der Waals surface area contributed by atoms with E-state index in [9.17, 15) is 5.11 Å². The molecule has 11 heavy (non-hydrogen) atoms. The summed E-state index contributed by atoms with van der Waals surface area (Å²) >= 11 is 0. The third kappa shape index (κ3) is 1.94. The second-order valence-electron chi connectivity index (χ2n) is 3.57. The van der Waals surface area contributed by atoms with Gasteiger partial charge in [0.25, 0.3) is 0 Å². The second kappa shape index (κ2) is 3.55. The molecule has 0 heterocycles. The van der Waals surface area contributed by atoms with Crippen LogP contribution in [0.2, 0.25) is 0 Å². The van der Waals surface area contributed by atoms with E-state index in [4.69, 9.17) is 4.74 Å². The summed E-state index contributed by atoms with van der Waals surface area (Å²) in [5, 5.41) is 9.55. The van der Waals surface area contributed by atoms with Crippen molar-refractivity contribution in [3.05, 3.63) is 0 Å². The van der Waals surface area contributed by atoms with E-state index in [0.717, 1.165) is 32.3 Å². The van der Waals surface area contributed by atoms with Crippen LogP contribution in [0.4, 0.5) is 0 Å². The van der Waals surface area contributed by atoms with Crippen LogP contribution in [0.25, 0.3) is 0 Å². The van der Waals surface area contributed by atoms with Gasteiger partial charge < -0.3 is 9.84 Å². The molecule has 0 aliphatic heterocycles. The Morgan fingerprint density at radius 2 is 2.36 bits per heavy atom. The van der Waals surface area contributed by atoms with Crippen molar-refractivity contribution in [3.8, 4) is 0 Å². The topological polar surface area (TPSA) is 29.5 Å². The van der Waals surface area contributed by atoms with Crippen molar-refractivity contribution in [3.63, 3.8) is 0 Å². The van der Waals surface area contributed by atoms with Crippen LogP contribution in [0.15, 0.2) is 0 Å². The van der Waals surface area contributed by atoms with Crippen LogP contribution < -0.4 is 0 Å². The van der Waals surface area contributed by atoms with Crippen molar-refractivity contribution in [2.75, 3.05) is 6.61 Å². The Labute approximate surface area is 68.6 Å². The zero-order chi connectivity index (χ0) is 8.32. The van der Waals surface area contributed by atoms with E-state index in [0.29, 0.717) is 0 Å². The summed E-state index contributed by atoms with van der Waals surface area (Å²) in [6, 6.07) is 0. The van der Waals surface area contributed by atoms with E-state index in [-0.39, 0.29) is 11.7 Å². The standard InChI is InChI=1S/C9H18O2/c1-3-7-11-9(2)6-4-5-8(9)10/h8,10H,3-7H2,1-2H3. The normalized spacial score (nSPS) is 37.9. The first-order valence-corrected chi connectivity index (χ1v) is 4.51. The Morgan fingerprint density at radius 1 is 1.64 bits per heavy atom. The Morgan fingerprint density at radius 3 is 2.82 bits per heavy atom. The fourth-order valence-electron chi connectivity index (χ4n) is 1.62. The molecular formula is C9H18O2. The minimum Gasteiger partial charge on any atom is -0.390 e. The maximum absolute atomic E-state index is 9.55. The fourth-order valence-corrected chi connectivity index (χ4v) is 1.62. The van der Waals surface area contributed by atoms with E-state index in [1.807, 2.05) is 6.92 Å². The molecule has 0 aromatic rings. The molecule has 2 nitrogen and oxygen atoms in total. The highest BCUT2D eigenvalue weighted by Crippen LogP contribution is 2.32. The van der Waals surface area contributed by atoms with Gasteiger partial charge >= 0.3 is 0 Å². The summed E-state index contributed by atoms with van der Waals surface area (Å²) in [5.41, 5.74) is -0.240. The maximum Gasteiger partial charge on any atom is 0.0912 e. The third-order valence-corrected chi connectivity index (χ3v) is 2.49. The number of aliphatic hydroxyl groups is 1. The lowest BCUT2D eigenvalue weighted by molar-refractivity contribution is -0.0941. The zero-order valence-electron chi connectivity index (χ0n) is 7.47. The van der Waals surface area contributed by atoms with Crippen molar-refractivity contribution in [1.82, 2.24) is 0 Å². The highest BCUT2D eigenvalue weighted by Gasteiger charge is 2.38. The quantitative estimate of drug-likeness (QED) is 0.677. The molecule has 0 aromatic heterocycles. The molecule has 1 N–H and O–H groups in total. The third-order valence-electron chi connectivity index (χ3n) is 2.49. The van der Waals surface area contributed by atoms with Gasteiger partial charge in [0, 0.05) is 6.61 Å². The lowest BCUT2D eigenvalue weighted by Crippen LogP contribution is -2.37. The average molecular weight is 158 g/mol. The van der Waals surface area contributed by atoms with Gasteiger partial charge in [-0.2, -0.15) is 0 Å². The van der Waals surface area contributed by atoms with E-state index in [1.54, 1.807) is 0 Å². The number of hydrogen-bond donors (Lipinski definition) is 1. The van der Waals surface area contributed by atoms with Crippen molar-refractivity contribution in [1.29, 1.82) is 0 Å². The molecule has 0 amide bonds. The van der Waals surface area contributed by atoms with Crippen LogP contribution in [-0.4, -0.2) is 23.4 Å². The minimum absolute atomic E-state index is 0.240. The summed E-state index contributed by atoms with van der Waals surface area (Å²) in [7, 11) is 0. The largest absolute Gasteiger partial charge is 0.390 e. The van der Waals surface area contributed by atoms with E-state index < -0.39 is 0 Å². The Balaban J connectivity index is 2.38. The average Bonchev–Trinajstić information content (AvgIpc) is 2.30. The fraction of sp³-hybridized carbons (Fsp3) is 1.00. The molecule has 1 aliphatic rings. The minimum atomic E-state index is -0.242. The van der Waals surface area contributed by atoms with E-state index in [1.165, 1.54) is 0 Å². The number of rotatable bonds is 3. The molecule has 0 aromatic carbocycles. The predicted molar refractivity (Wildman–Crippen MR) is 44.5 cm³/mol. The van der Waals surface area contributed by atoms with Gasteiger partial charge in [0.2, 0.25) is 0 Å². The van der Waals surface area contributed by atoms with Crippen LogP contribution >= 0.6 is 0 Å². The van der Waals surface area contributed by atoms with E-state index >= 15 is 0 Å². The van der Waals surface area contributed by atoms with Crippen molar-refractivity contribution in [2.24, 2.45) is 0 Å². The van der Waals surface area contributed by atoms with E-state index in [2.05, 4.69) is 6.92 Å². The molecule has 0 radical (unpaired) electrons. The molecular weight excluding hydrogens is 140 g/mol. The van der Waals surface area contributed by atoms with Gasteiger partial charge in [-0.1, -0.05) is 6.92 Å². The van der Waals surface area contributed by atoms with Crippen LogP contribution in [0, 0.1) is 0 Å². The SMILES string of the molecule is CCCOC1(C)CCCC1O. The maximum atomic E-state index is 9.55. The molecule has 0 spiro atoms. The first-order valence-electron chi connectivity index (χ1n) is 4.51. The second-order valence-corrected chi connectivity index (χ2v) is 3.57. The smallest absolute Gasteiger partial charge is 0.0912 e. The molecule has 1 aliphatic carbocycles. The Kier molecular flexibility index (Phi) is 2.90. The summed E-state index contributed by atoms with van der Waals surface area (Å²) in [5.74, 6) is 0. The number of ether oxygens (including phenoxy) is 1. The van der Waals surface area contributed by atoms with Crippen LogP contribution in [0.1, 0.15) is 39.5 Å². The lowest BCUT2D eigenvalue weighted by Gasteiger charge is -2.28. The summed E-state index contributed by atoms with van der Waals surface area (Å²) in [6.45, 7) is 4.87. The highest BCUT2D eigenvalue weighted by molar-refractivity contribution is 4.90. The first-order chi connectivity index (χ1) is 5.19. The van der Waals surface area contributed by atoms with Gasteiger partial charge in [0.05, 0.1) is 11.7 Å². The summed E-state index contributed by atoms with van der Waals surface area (Å²) in [4.78, 5) is 0. The molecule has 2 heteroatoms. The molecule has 66 valence electrons. The van der Waals surface area contributed by atoms with Crippen molar-refractivity contribution < 1.29 is 9.84 Å². The van der Waals surface area contributed by atoms with Gasteiger partial charge in [-0.3, -0.25) is 0 Å². The predicted octanol–water partition coefficient (Wildman–Crippen LogP) is 1.72. The van der Waals surface area contributed by atoms with Gasteiger partial charge in [0.15, 0.2) is 0 Å². The molecule has 0 saturated heterocycles. The molecule has 2 atom stereocenters. The number of hydrogen-bond acceptors (Lipinski definition) is 2. The van der Waals surface area contributed by atoms with Crippen LogP contribution in [0.5, 0.6) is 0 Å².